The van der Waals surface area contributed by atoms with Crippen LogP contribution in [0.25, 0.3) is 0 Å². The van der Waals surface area contributed by atoms with Gasteiger partial charge in [0.2, 0.25) is 0 Å². The first-order valence-corrected chi connectivity index (χ1v) is 9.89. The van der Waals surface area contributed by atoms with Gasteiger partial charge in [0.1, 0.15) is 11.9 Å². The number of benzene rings is 3. The van der Waals surface area contributed by atoms with Gasteiger partial charge in [-0.25, -0.2) is 0 Å². The molecular weight excluding hydrogens is 424 g/mol. The van der Waals surface area contributed by atoms with Gasteiger partial charge in [-0.2, -0.15) is 0 Å². The monoisotopic (exact) mass is 440 g/mol. The van der Waals surface area contributed by atoms with Gasteiger partial charge >= 0.3 is 0 Å². The first-order valence-electron chi connectivity index (χ1n) is 8.72. The van der Waals surface area contributed by atoms with Gasteiger partial charge in [-0.15, -0.1) is 0 Å². The maximum Gasteiger partial charge on any atom is 0.126 e. The molecule has 2 N–H and O–H groups in total. The molecule has 0 saturated carbocycles. The molecule has 27 heavy (non-hydrogen) atoms. The number of rotatable bonds is 3. The van der Waals surface area contributed by atoms with Gasteiger partial charge in [-0.05, 0) is 41.5 Å². The molecule has 0 bridgehead atoms. The maximum absolute atomic E-state index is 10.4. The zero-order valence-electron chi connectivity index (χ0n) is 14.4. The zero-order chi connectivity index (χ0) is 18.8. The Bertz CT molecular complexity index is 988. The highest BCUT2D eigenvalue weighted by molar-refractivity contribution is 9.10. The van der Waals surface area contributed by atoms with Crippen LogP contribution in [0.4, 0.5) is 0 Å². The van der Waals surface area contributed by atoms with E-state index in [1.807, 2.05) is 54.6 Å². The lowest BCUT2D eigenvalue weighted by Gasteiger charge is -2.31. The summed E-state index contributed by atoms with van der Waals surface area (Å²) >= 11 is 9.59. The van der Waals surface area contributed by atoms with Crippen molar-refractivity contribution in [2.45, 2.75) is 18.6 Å². The molecule has 0 saturated heterocycles. The molecule has 5 heteroatoms. The number of hydrogen-bond donors (Lipinski definition) is 2. The van der Waals surface area contributed by atoms with Crippen LogP contribution in [0.15, 0.2) is 82.3 Å². The molecule has 3 nitrogen and oxygen atoms in total. The van der Waals surface area contributed by atoms with E-state index in [0.717, 1.165) is 26.9 Å². The summed E-state index contributed by atoms with van der Waals surface area (Å²) in [6, 6.07) is 23.3. The van der Waals surface area contributed by atoms with Crippen molar-refractivity contribution in [2.75, 3.05) is 0 Å². The van der Waals surface area contributed by atoms with E-state index in [9.17, 15) is 5.11 Å². The first kappa shape index (κ1) is 18.2. The smallest absolute Gasteiger partial charge is 0.126 e. The molecule has 136 valence electrons. The topological polar surface area (TPSA) is 44.6 Å². The van der Waals surface area contributed by atoms with Crippen LogP contribution in [-0.4, -0.2) is 10.8 Å². The molecular formula is C22H18BrClN2O. The second-order valence-corrected chi connectivity index (χ2v) is 7.87. The molecule has 2 atom stereocenters. The number of phenolic OH excluding ortho intramolecular Hbond substituents is 1. The average molecular weight is 442 g/mol. The van der Waals surface area contributed by atoms with Gasteiger partial charge < -0.3 is 5.11 Å². The van der Waals surface area contributed by atoms with Gasteiger partial charge in [-0.3, -0.25) is 10.3 Å². The van der Waals surface area contributed by atoms with Crippen molar-refractivity contribution in [3.8, 4) is 5.75 Å². The van der Waals surface area contributed by atoms with E-state index in [1.54, 1.807) is 6.07 Å². The molecule has 1 aliphatic heterocycles. The minimum atomic E-state index is -0.213. The van der Waals surface area contributed by atoms with Crippen molar-refractivity contribution in [3.63, 3.8) is 0 Å². The standard InChI is InChI=1S/C22H18BrClN2O/c23-16-5-3-4-15(12-16)19-13-20(18-6-1-2-7-21(18)27)26-22(25-19)14-8-10-17(24)11-9-14/h1-12,20,22,26-27H,13H2/t20-,22-/m0/s1. The first-order chi connectivity index (χ1) is 13.1. The Balaban J connectivity index is 1.76. The Kier molecular flexibility index (Phi) is 5.30. The van der Waals surface area contributed by atoms with Gasteiger partial charge in [0, 0.05) is 33.2 Å². The number of aromatic hydroxyl groups is 1. The van der Waals surface area contributed by atoms with Crippen molar-refractivity contribution < 1.29 is 5.11 Å². The van der Waals surface area contributed by atoms with Crippen LogP contribution in [0.5, 0.6) is 5.75 Å². The molecule has 4 rings (SSSR count). The number of nitrogens with zero attached hydrogens (tertiary/aromatic N) is 1. The van der Waals surface area contributed by atoms with Crippen molar-refractivity contribution >= 4 is 33.2 Å². The summed E-state index contributed by atoms with van der Waals surface area (Å²) in [7, 11) is 0. The summed E-state index contributed by atoms with van der Waals surface area (Å²) in [6.07, 6.45) is 0.479. The highest BCUT2D eigenvalue weighted by Crippen LogP contribution is 2.34. The normalized spacial score (nSPS) is 19.6. The summed E-state index contributed by atoms with van der Waals surface area (Å²) in [5.74, 6) is 0.292. The van der Waals surface area contributed by atoms with Crippen molar-refractivity contribution in [1.29, 1.82) is 0 Å². The predicted octanol–water partition coefficient (Wildman–Crippen LogP) is 6.03. The third-order valence-electron chi connectivity index (χ3n) is 4.70. The minimum absolute atomic E-state index is 0.0432. The van der Waals surface area contributed by atoms with Gasteiger partial charge in [-0.1, -0.05) is 70.0 Å². The second-order valence-electron chi connectivity index (χ2n) is 6.52. The third-order valence-corrected chi connectivity index (χ3v) is 5.44. The van der Waals surface area contributed by atoms with Crippen molar-refractivity contribution in [3.05, 3.63) is 99.0 Å². The fraction of sp³-hybridized carbons (Fsp3) is 0.136. The third kappa shape index (κ3) is 4.08. The van der Waals surface area contributed by atoms with E-state index < -0.39 is 0 Å². The number of aliphatic imine (C=N–C) groups is 1. The Morgan fingerprint density at radius 2 is 1.78 bits per heavy atom. The Hall–Kier alpha value is -2.14. The molecule has 0 amide bonds. The van der Waals surface area contributed by atoms with E-state index in [-0.39, 0.29) is 12.2 Å². The van der Waals surface area contributed by atoms with Gasteiger partial charge in [0.15, 0.2) is 0 Å². The number of nitrogens with one attached hydrogen (secondary N) is 1. The molecule has 0 spiro atoms. The summed E-state index contributed by atoms with van der Waals surface area (Å²) in [4.78, 5) is 4.96. The SMILES string of the molecule is Oc1ccccc1[C@@H]1CC(c2cccc(Br)c2)=N[C@H](c2ccc(Cl)cc2)N1. The van der Waals surface area contributed by atoms with Crippen molar-refractivity contribution in [2.24, 2.45) is 4.99 Å². The van der Waals surface area contributed by atoms with E-state index in [4.69, 9.17) is 16.6 Å². The summed E-state index contributed by atoms with van der Waals surface area (Å²) in [5.41, 5.74) is 3.99. The molecule has 0 unspecified atom stereocenters. The molecule has 0 fully saturated rings. The quantitative estimate of drug-likeness (QED) is 0.521. The lowest BCUT2D eigenvalue weighted by Crippen LogP contribution is -2.33. The van der Waals surface area contributed by atoms with E-state index >= 15 is 0 Å². The molecule has 1 heterocycles. The average Bonchev–Trinajstić information content (AvgIpc) is 2.68. The van der Waals surface area contributed by atoms with E-state index in [2.05, 4.69) is 33.4 Å². The highest BCUT2D eigenvalue weighted by Gasteiger charge is 2.27. The molecule has 0 aromatic heterocycles. The fourth-order valence-corrected chi connectivity index (χ4v) is 3.87. The molecule has 3 aromatic carbocycles. The Labute approximate surface area is 171 Å². The largest absolute Gasteiger partial charge is 0.508 e. The van der Waals surface area contributed by atoms with E-state index in [0.29, 0.717) is 17.2 Å². The molecule has 1 aliphatic rings. The molecule has 3 aromatic rings. The van der Waals surface area contributed by atoms with Gasteiger partial charge in [0.25, 0.3) is 0 Å². The van der Waals surface area contributed by atoms with E-state index in [1.165, 1.54) is 0 Å². The van der Waals surface area contributed by atoms with Crippen LogP contribution in [0.3, 0.4) is 0 Å². The predicted molar refractivity (Wildman–Crippen MR) is 113 cm³/mol. The minimum Gasteiger partial charge on any atom is -0.508 e. The van der Waals surface area contributed by atoms with Crippen LogP contribution in [0, 0.1) is 0 Å². The number of halogens is 2. The summed E-state index contributed by atoms with van der Waals surface area (Å²) in [5, 5.41) is 14.6. The summed E-state index contributed by atoms with van der Waals surface area (Å²) < 4.78 is 1.02. The molecule has 0 aliphatic carbocycles. The van der Waals surface area contributed by atoms with Crippen LogP contribution >= 0.6 is 27.5 Å². The number of para-hydroxylation sites is 1. The summed E-state index contributed by atoms with van der Waals surface area (Å²) in [6.45, 7) is 0. The van der Waals surface area contributed by atoms with Gasteiger partial charge in [0.05, 0.1) is 0 Å². The van der Waals surface area contributed by atoms with Crippen LogP contribution in [-0.2, 0) is 0 Å². The van der Waals surface area contributed by atoms with Crippen LogP contribution in [0.2, 0.25) is 5.02 Å². The maximum atomic E-state index is 10.4. The lowest BCUT2D eigenvalue weighted by atomic mass is 9.93. The number of phenols is 1. The van der Waals surface area contributed by atoms with Crippen molar-refractivity contribution in [1.82, 2.24) is 5.32 Å². The lowest BCUT2D eigenvalue weighted by molar-refractivity contribution is 0.413. The number of hydrogen-bond acceptors (Lipinski definition) is 3. The highest BCUT2D eigenvalue weighted by atomic mass is 79.9. The van der Waals surface area contributed by atoms with Crippen LogP contribution < -0.4 is 5.32 Å². The second kappa shape index (κ2) is 7.85. The zero-order valence-corrected chi connectivity index (χ0v) is 16.8. The molecule has 0 radical (unpaired) electrons. The van der Waals surface area contributed by atoms with Crippen LogP contribution in [0.1, 0.15) is 35.3 Å². The fourth-order valence-electron chi connectivity index (χ4n) is 3.35. The Morgan fingerprint density at radius 1 is 1.00 bits per heavy atom. The Morgan fingerprint density at radius 3 is 2.52 bits per heavy atom.